The lowest BCUT2D eigenvalue weighted by molar-refractivity contribution is -0.137. The fourth-order valence-electron chi connectivity index (χ4n) is 1.94. The van der Waals surface area contributed by atoms with Gasteiger partial charge in [-0.1, -0.05) is 6.92 Å². The molecule has 1 aromatic rings. The Kier molecular flexibility index (Phi) is 4.97. The summed E-state index contributed by atoms with van der Waals surface area (Å²) in [7, 11) is 0. The predicted octanol–water partition coefficient (Wildman–Crippen LogP) is 1.96. The summed E-state index contributed by atoms with van der Waals surface area (Å²) in [6.45, 7) is 4.88. The first-order valence-electron chi connectivity index (χ1n) is 5.93. The topological polar surface area (TPSA) is 81.0 Å². The summed E-state index contributed by atoms with van der Waals surface area (Å²) < 4.78 is 0. The molecule has 0 spiro atoms. The third-order valence-electron chi connectivity index (χ3n) is 3.03. The van der Waals surface area contributed by atoms with Crippen molar-refractivity contribution in [2.75, 3.05) is 13.1 Å². The van der Waals surface area contributed by atoms with Gasteiger partial charge in [0.2, 0.25) is 0 Å². The zero-order chi connectivity index (χ0) is 13.7. The van der Waals surface area contributed by atoms with Crippen LogP contribution in [0.2, 0.25) is 0 Å². The van der Waals surface area contributed by atoms with Gasteiger partial charge >= 0.3 is 5.97 Å². The monoisotopic (exact) mass is 253 g/mol. The number of phenols is 2. The van der Waals surface area contributed by atoms with Crippen molar-refractivity contribution in [3.05, 3.63) is 23.8 Å². The third kappa shape index (κ3) is 3.63. The lowest BCUT2D eigenvalue weighted by atomic mass is 10.0. The second-order valence-electron chi connectivity index (χ2n) is 4.19. The maximum atomic E-state index is 10.6. The highest BCUT2D eigenvalue weighted by molar-refractivity contribution is 5.66. The maximum absolute atomic E-state index is 10.6. The van der Waals surface area contributed by atoms with E-state index < -0.39 is 5.97 Å². The standard InChI is InChI=1S/C13H19NO4/c1-3-14(7-6-13(17)18)9(2)11-8-10(15)4-5-12(11)16/h4-5,8-9,15-16H,3,6-7H2,1-2H3,(H,17,18). The molecule has 0 aromatic heterocycles. The van der Waals surface area contributed by atoms with E-state index in [4.69, 9.17) is 5.11 Å². The number of aromatic hydroxyl groups is 2. The molecule has 100 valence electrons. The summed E-state index contributed by atoms with van der Waals surface area (Å²) in [5.74, 6) is -0.654. The van der Waals surface area contributed by atoms with Gasteiger partial charge in [-0.3, -0.25) is 9.69 Å². The first kappa shape index (κ1) is 14.3. The average molecular weight is 253 g/mol. The van der Waals surface area contributed by atoms with Crippen molar-refractivity contribution in [2.45, 2.75) is 26.3 Å². The number of phenolic OH excluding ortho intramolecular Hbond substituents is 2. The molecule has 18 heavy (non-hydrogen) atoms. The molecule has 1 unspecified atom stereocenters. The fourth-order valence-corrected chi connectivity index (χ4v) is 1.94. The van der Waals surface area contributed by atoms with E-state index in [-0.39, 0.29) is 24.0 Å². The molecule has 0 aliphatic heterocycles. The van der Waals surface area contributed by atoms with Crippen molar-refractivity contribution in [2.24, 2.45) is 0 Å². The van der Waals surface area contributed by atoms with Crippen molar-refractivity contribution in [1.29, 1.82) is 0 Å². The van der Waals surface area contributed by atoms with Gasteiger partial charge in [-0.05, 0) is 31.7 Å². The van der Waals surface area contributed by atoms with Crippen LogP contribution < -0.4 is 0 Å². The highest BCUT2D eigenvalue weighted by Gasteiger charge is 2.18. The highest BCUT2D eigenvalue weighted by Crippen LogP contribution is 2.31. The van der Waals surface area contributed by atoms with Crippen molar-refractivity contribution >= 4 is 5.97 Å². The Morgan fingerprint density at radius 3 is 2.61 bits per heavy atom. The first-order chi connectivity index (χ1) is 8.45. The fraction of sp³-hybridized carbons (Fsp3) is 0.462. The molecule has 0 fully saturated rings. The van der Waals surface area contributed by atoms with Crippen LogP contribution >= 0.6 is 0 Å². The lowest BCUT2D eigenvalue weighted by Gasteiger charge is -2.28. The first-order valence-corrected chi connectivity index (χ1v) is 5.93. The quantitative estimate of drug-likeness (QED) is 0.675. The summed E-state index contributed by atoms with van der Waals surface area (Å²) in [6, 6.07) is 4.20. The number of nitrogens with zero attached hydrogens (tertiary/aromatic N) is 1. The normalized spacial score (nSPS) is 12.6. The Hall–Kier alpha value is -1.75. The smallest absolute Gasteiger partial charge is 0.304 e. The van der Waals surface area contributed by atoms with Gasteiger partial charge in [-0.25, -0.2) is 0 Å². The minimum absolute atomic E-state index is 0.0533. The molecular weight excluding hydrogens is 234 g/mol. The van der Waals surface area contributed by atoms with Gasteiger partial charge in [-0.15, -0.1) is 0 Å². The minimum Gasteiger partial charge on any atom is -0.508 e. The van der Waals surface area contributed by atoms with E-state index in [1.54, 1.807) is 0 Å². The molecule has 0 amide bonds. The van der Waals surface area contributed by atoms with Gasteiger partial charge < -0.3 is 15.3 Å². The van der Waals surface area contributed by atoms with E-state index in [9.17, 15) is 15.0 Å². The van der Waals surface area contributed by atoms with Crippen LogP contribution in [0.3, 0.4) is 0 Å². The van der Waals surface area contributed by atoms with Crippen LogP contribution in [-0.4, -0.2) is 39.3 Å². The summed E-state index contributed by atoms with van der Waals surface area (Å²) in [6.07, 6.45) is 0.0533. The largest absolute Gasteiger partial charge is 0.508 e. The van der Waals surface area contributed by atoms with E-state index >= 15 is 0 Å². The Balaban J connectivity index is 2.85. The van der Waals surface area contributed by atoms with E-state index in [2.05, 4.69) is 0 Å². The molecule has 1 atom stereocenters. The summed E-state index contributed by atoms with van der Waals surface area (Å²) in [5, 5.41) is 27.9. The molecular formula is C13H19NO4. The Bertz CT molecular complexity index is 419. The molecule has 0 bridgehead atoms. The number of rotatable bonds is 6. The lowest BCUT2D eigenvalue weighted by Crippen LogP contribution is -2.29. The second-order valence-corrected chi connectivity index (χ2v) is 4.19. The molecule has 5 nitrogen and oxygen atoms in total. The van der Waals surface area contributed by atoms with E-state index in [1.807, 2.05) is 18.7 Å². The van der Waals surface area contributed by atoms with Crippen molar-refractivity contribution in [3.8, 4) is 11.5 Å². The molecule has 0 saturated carbocycles. The predicted molar refractivity (Wildman–Crippen MR) is 67.7 cm³/mol. The van der Waals surface area contributed by atoms with E-state index in [0.717, 1.165) is 0 Å². The van der Waals surface area contributed by atoms with Gasteiger partial charge in [0.05, 0.1) is 6.42 Å². The average Bonchev–Trinajstić information content (AvgIpc) is 2.32. The SMILES string of the molecule is CCN(CCC(=O)O)C(C)c1cc(O)ccc1O. The van der Waals surface area contributed by atoms with Gasteiger partial charge in [0.25, 0.3) is 0 Å². The van der Waals surface area contributed by atoms with Crippen LogP contribution in [0, 0.1) is 0 Å². The Morgan fingerprint density at radius 2 is 2.06 bits per heavy atom. The summed E-state index contributed by atoms with van der Waals surface area (Å²) >= 11 is 0. The number of carboxylic acid groups (broad SMARTS) is 1. The Labute approximate surface area is 106 Å². The number of benzene rings is 1. The minimum atomic E-state index is -0.846. The molecule has 1 rings (SSSR count). The molecule has 0 saturated heterocycles. The zero-order valence-electron chi connectivity index (χ0n) is 10.6. The number of hydrogen-bond acceptors (Lipinski definition) is 4. The molecule has 0 heterocycles. The van der Waals surface area contributed by atoms with E-state index in [1.165, 1.54) is 18.2 Å². The number of aliphatic carboxylic acids is 1. The van der Waals surface area contributed by atoms with Gasteiger partial charge in [0.15, 0.2) is 0 Å². The van der Waals surface area contributed by atoms with Gasteiger partial charge in [-0.2, -0.15) is 0 Å². The number of hydrogen-bond donors (Lipinski definition) is 3. The molecule has 0 radical (unpaired) electrons. The van der Waals surface area contributed by atoms with Crippen molar-refractivity contribution in [1.82, 2.24) is 4.90 Å². The van der Waals surface area contributed by atoms with Crippen LogP contribution in [0.4, 0.5) is 0 Å². The second kappa shape index (κ2) is 6.26. The van der Waals surface area contributed by atoms with Crippen LogP contribution in [-0.2, 0) is 4.79 Å². The zero-order valence-corrected chi connectivity index (χ0v) is 10.6. The highest BCUT2D eigenvalue weighted by atomic mass is 16.4. The molecule has 1 aromatic carbocycles. The third-order valence-corrected chi connectivity index (χ3v) is 3.03. The molecule has 5 heteroatoms. The van der Waals surface area contributed by atoms with Crippen molar-refractivity contribution in [3.63, 3.8) is 0 Å². The summed E-state index contributed by atoms with van der Waals surface area (Å²) in [5.41, 5.74) is 0.599. The van der Waals surface area contributed by atoms with Crippen LogP contribution in [0.25, 0.3) is 0 Å². The van der Waals surface area contributed by atoms with E-state index in [0.29, 0.717) is 18.7 Å². The van der Waals surface area contributed by atoms with Crippen LogP contribution in [0.1, 0.15) is 31.9 Å². The van der Waals surface area contributed by atoms with Crippen LogP contribution in [0.15, 0.2) is 18.2 Å². The van der Waals surface area contributed by atoms with Gasteiger partial charge in [0.1, 0.15) is 11.5 Å². The molecule has 3 N–H and O–H groups in total. The molecule has 0 aliphatic rings. The van der Waals surface area contributed by atoms with Crippen LogP contribution in [0.5, 0.6) is 11.5 Å². The number of carboxylic acids is 1. The van der Waals surface area contributed by atoms with Gasteiger partial charge in [0, 0.05) is 18.2 Å². The maximum Gasteiger partial charge on any atom is 0.304 e. The van der Waals surface area contributed by atoms with Crippen molar-refractivity contribution < 1.29 is 20.1 Å². The number of carbonyl (C=O) groups is 1. The summed E-state index contributed by atoms with van der Waals surface area (Å²) in [4.78, 5) is 12.5. The Morgan fingerprint density at radius 1 is 1.39 bits per heavy atom. The molecule has 0 aliphatic carbocycles.